The van der Waals surface area contributed by atoms with Crippen LogP contribution in [0.2, 0.25) is 0 Å². The molecule has 0 aliphatic carbocycles. The summed E-state index contributed by atoms with van der Waals surface area (Å²) in [6.45, 7) is 0.868. The first-order valence-corrected chi connectivity index (χ1v) is 7.92. The van der Waals surface area contributed by atoms with Gasteiger partial charge in [-0.2, -0.15) is 0 Å². The molecule has 0 aliphatic heterocycles. The van der Waals surface area contributed by atoms with Crippen LogP contribution in [0.25, 0.3) is 10.9 Å². The Kier molecular flexibility index (Phi) is 5.09. The molecule has 3 aromatic rings. The van der Waals surface area contributed by atoms with Gasteiger partial charge < -0.3 is 15.0 Å². The smallest absolute Gasteiger partial charge is 0.252 e. The van der Waals surface area contributed by atoms with Crippen molar-refractivity contribution in [2.75, 3.05) is 13.2 Å². The van der Waals surface area contributed by atoms with Gasteiger partial charge in [-0.15, -0.1) is 0 Å². The highest BCUT2D eigenvalue weighted by atomic mass is 19.1. The quantitative estimate of drug-likeness (QED) is 0.678. The van der Waals surface area contributed by atoms with E-state index in [4.69, 9.17) is 4.74 Å². The van der Waals surface area contributed by atoms with Gasteiger partial charge in [0.1, 0.15) is 11.6 Å². The van der Waals surface area contributed by atoms with Gasteiger partial charge in [-0.25, -0.2) is 4.39 Å². The number of fused-ring (bicyclic) bond motifs is 1. The molecule has 25 heavy (non-hydrogen) atoms. The number of carbonyl (C=O) groups excluding carboxylic acids is 1. The first kappa shape index (κ1) is 16.7. The van der Waals surface area contributed by atoms with E-state index >= 15 is 0 Å². The van der Waals surface area contributed by atoms with Crippen molar-refractivity contribution < 1.29 is 13.9 Å². The number of amides is 1. The second-order valence-corrected chi connectivity index (χ2v) is 5.51. The van der Waals surface area contributed by atoms with Crippen LogP contribution in [0.15, 0.2) is 59.4 Å². The van der Waals surface area contributed by atoms with Crippen LogP contribution in [-0.2, 0) is 0 Å². The number of rotatable bonds is 6. The molecule has 5 nitrogen and oxygen atoms in total. The maximum atomic E-state index is 13.3. The third-order valence-electron chi connectivity index (χ3n) is 3.67. The van der Waals surface area contributed by atoms with Gasteiger partial charge in [0, 0.05) is 18.0 Å². The SMILES string of the molecule is O=C(NCCCOc1ccccc1)c1cc(=O)[nH]c2cc(F)ccc12. The Morgan fingerprint density at radius 2 is 1.92 bits per heavy atom. The summed E-state index contributed by atoms with van der Waals surface area (Å²) in [4.78, 5) is 26.5. The summed E-state index contributed by atoms with van der Waals surface area (Å²) < 4.78 is 18.8. The summed E-state index contributed by atoms with van der Waals surface area (Å²) in [7, 11) is 0. The Labute approximate surface area is 143 Å². The molecular formula is C19H17FN2O3. The van der Waals surface area contributed by atoms with Crippen molar-refractivity contribution >= 4 is 16.8 Å². The lowest BCUT2D eigenvalue weighted by atomic mass is 10.1. The van der Waals surface area contributed by atoms with Gasteiger partial charge in [-0.05, 0) is 36.8 Å². The highest BCUT2D eigenvalue weighted by molar-refractivity contribution is 6.05. The average Bonchev–Trinajstić information content (AvgIpc) is 2.61. The Bertz CT molecular complexity index is 938. The Balaban J connectivity index is 1.60. The molecule has 2 aromatic carbocycles. The van der Waals surface area contributed by atoms with Crippen LogP contribution in [0, 0.1) is 5.82 Å². The molecule has 0 bridgehead atoms. The van der Waals surface area contributed by atoms with E-state index in [9.17, 15) is 14.0 Å². The molecule has 0 radical (unpaired) electrons. The van der Waals surface area contributed by atoms with Crippen molar-refractivity contribution in [3.63, 3.8) is 0 Å². The molecule has 1 aromatic heterocycles. The number of ether oxygens (including phenoxy) is 1. The molecule has 128 valence electrons. The summed E-state index contributed by atoms with van der Waals surface area (Å²) in [5.74, 6) is -0.0716. The van der Waals surface area contributed by atoms with E-state index in [1.165, 1.54) is 24.3 Å². The van der Waals surface area contributed by atoms with Gasteiger partial charge in [-0.3, -0.25) is 9.59 Å². The molecule has 6 heteroatoms. The monoisotopic (exact) mass is 340 g/mol. The zero-order chi connectivity index (χ0) is 17.6. The minimum absolute atomic E-state index is 0.225. The van der Waals surface area contributed by atoms with Crippen LogP contribution in [-0.4, -0.2) is 24.0 Å². The third-order valence-corrected chi connectivity index (χ3v) is 3.67. The zero-order valence-electron chi connectivity index (χ0n) is 13.4. The molecular weight excluding hydrogens is 323 g/mol. The van der Waals surface area contributed by atoms with Crippen molar-refractivity contribution in [1.29, 1.82) is 0 Å². The lowest BCUT2D eigenvalue weighted by Crippen LogP contribution is -2.27. The van der Waals surface area contributed by atoms with Crippen LogP contribution in [0.5, 0.6) is 5.75 Å². The number of H-pyrrole nitrogens is 1. The number of halogens is 1. The van der Waals surface area contributed by atoms with Gasteiger partial charge in [0.15, 0.2) is 0 Å². The fraction of sp³-hybridized carbons (Fsp3) is 0.158. The number of aromatic nitrogens is 1. The molecule has 1 heterocycles. The number of benzene rings is 2. The lowest BCUT2D eigenvalue weighted by molar-refractivity contribution is 0.0953. The molecule has 2 N–H and O–H groups in total. The van der Waals surface area contributed by atoms with E-state index in [-0.39, 0.29) is 11.5 Å². The fourth-order valence-electron chi connectivity index (χ4n) is 2.50. The fourth-order valence-corrected chi connectivity index (χ4v) is 2.50. The summed E-state index contributed by atoms with van der Waals surface area (Å²) in [6, 6.07) is 14.6. The largest absolute Gasteiger partial charge is 0.494 e. The molecule has 0 fully saturated rings. The van der Waals surface area contributed by atoms with Gasteiger partial charge in [0.05, 0.1) is 17.7 Å². The number of aromatic amines is 1. The van der Waals surface area contributed by atoms with Crippen molar-refractivity contribution in [1.82, 2.24) is 10.3 Å². The third kappa shape index (κ3) is 4.23. The maximum Gasteiger partial charge on any atom is 0.252 e. The molecule has 1 amide bonds. The predicted molar refractivity (Wildman–Crippen MR) is 93.4 cm³/mol. The highest BCUT2D eigenvalue weighted by Gasteiger charge is 2.12. The zero-order valence-corrected chi connectivity index (χ0v) is 13.4. The topological polar surface area (TPSA) is 71.2 Å². The number of para-hydroxylation sites is 1. The number of carbonyl (C=O) groups is 1. The molecule has 0 atom stereocenters. The van der Waals surface area contributed by atoms with E-state index in [1.807, 2.05) is 30.3 Å². The summed E-state index contributed by atoms with van der Waals surface area (Å²) in [5, 5.41) is 3.25. The number of hydrogen-bond acceptors (Lipinski definition) is 3. The molecule has 0 saturated heterocycles. The second-order valence-electron chi connectivity index (χ2n) is 5.51. The van der Waals surface area contributed by atoms with Crippen LogP contribution in [0.1, 0.15) is 16.8 Å². The van der Waals surface area contributed by atoms with Crippen molar-refractivity contribution in [3.8, 4) is 5.75 Å². The summed E-state index contributed by atoms with van der Waals surface area (Å²) >= 11 is 0. The normalized spacial score (nSPS) is 10.6. The van der Waals surface area contributed by atoms with Crippen molar-refractivity contribution in [2.45, 2.75) is 6.42 Å². The van der Waals surface area contributed by atoms with E-state index in [0.29, 0.717) is 30.5 Å². The molecule has 0 aliphatic rings. The van der Waals surface area contributed by atoms with Crippen LogP contribution in [0.3, 0.4) is 0 Å². The molecule has 3 rings (SSSR count). The highest BCUT2D eigenvalue weighted by Crippen LogP contribution is 2.16. The lowest BCUT2D eigenvalue weighted by Gasteiger charge is -2.09. The minimum atomic E-state index is -0.473. The van der Waals surface area contributed by atoms with Crippen LogP contribution >= 0.6 is 0 Å². The summed E-state index contributed by atoms with van der Waals surface area (Å²) in [6.07, 6.45) is 0.621. The van der Waals surface area contributed by atoms with Gasteiger partial charge in [0.2, 0.25) is 5.56 Å². The standard InChI is InChI=1S/C19H17FN2O3/c20-13-7-8-15-16(12-18(23)22-17(15)11-13)19(24)21-9-4-10-25-14-5-2-1-3-6-14/h1-3,5-8,11-12H,4,9-10H2,(H,21,24)(H,22,23). The Morgan fingerprint density at radius 1 is 1.12 bits per heavy atom. The van der Waals surface area contributed by atoms with E-state index in [1.54, 1.807) is 0 Å². The van der Waals surface area contributed by atoms with Crippen LogP contribution < -0.4 is 15.6 Å². The van der Waals surface area contributed by atoms with Crippen LogP contribution in [0.4, 0.5) is 4.39 Å². The van der Waals surface area contributed by atoms with Crippen molar-refractivity contribution in [3.05, 3.63) is 76.3 Å². The summed E-state index contributed by atoms with van der Waals surface area (Å²) in [5.41, 5.74) is 0.0726. The van der Waals surface area contributed by atoms with E-state index in [2.05, 4.69) is 10.3 Å². The minimum Gasteiger partial charge on any atom is -0.494 e. The van der Waals surface area contributed by atoms with Crippen molar-refractivity contribution in [2.24, 2.45) is 0 Å². The molecule has 0 saturated carbocycles. The molecule has 0 unspecified atom stereocenters. The second kappa shape index (κ2) is 7.61. The van der Waals surface area contributed by atoms with Gasteiger partial charge >= 0.3 is 0 Å². The van der Waals surface area contributed by atoms with Gasteiger partial charge in [0.25, 0.3) is 5.91 Å². The van der Waals surface area contributed by atoms with Gasteiger partial charge in [-0.1, -0.05) is 18.2 Å². The maximum absolute atomic E-state index is 13.3. The van der Waals surface area contributed by atoms with E-state index in [0.717, 1.165) is 5.75 Å². The number of nitrogens with one attached hydrogen (secondary N) is 2. The van der Waals surface area contributed by atoms with E-state index < -0.39 is 11.4 Å². The average molecular weight is 340 g/mol. The molecule has 0 spiro atoms. The predicted octanol–water partition coefficient (Wildman–Crippen LogP) is 2.87. The first-order valence-electron chi connectivity index (χ1n) is 7.92. The Hall–Kier alpha value is -3.15. The Morgan fingerprint density at radius 3 is 2.72 bits per heavy atom. The first-order chi connectivity index (χ1) is 12.1. The number of hydrogen-bond donors (Lipinski definition) is 2. The number of pyridine rings is 1.